The van der Waals surface area contributed by atoms with Gasteiger partial charge in [0.05, 0.1) is 10.6 Å². The smallest absolute Gasteiger partial charge is 0.355 e. The van der Waals surface area contributed by atoms with Crippen LogP contribution in [0.25, 0.3) is 0 Å². The monoisotopic (exact) mass is 294 g/mol. The van der Waals surface area contributed by atoms with Crippen LogP contribution in [0.4, 0.5) is 4.39 Å². The number of benzene rings is 1. The number of nitrogens with zero attached hydrogens (tertiary/aromatic N) is 1. The number of rotatable bonds is 5. The van der Waals surface area contributed by atoms with Crippen molar-refractivity contribution in [3.05, 3.63) is 51.7 Å². The molecule has 2 rings (SSSR count). The van der Waals surface area contributed by atoms with Crippen molar-refractivity contribution >= 4 is 23.2 Å². The molecule has 0 fully saturated rings. The zero-order chi connectivity index (χ0) is 14.5. The summed E-state index contributed by atoms with van der Waals surface area (Å²) >= 11 is 1.21. The van der Waals surface area contributed by atoms with Crippen molar-refractivity contribution in [2.75, 3.05) is 6.54 Å². The summed E-state index contributed by atoms with van der Waals surface area (Å²) in [6.07, 6.45) is 0.401. The van der Waals surface area contributed by atoms with Gasteiger partial charge in [-0.25, -0.2) is 14.2 Å². The lowest BCUT2D eigenvalue weighted by Gasteiger charge is -2.04. The number of amides is 1. The van der Waals surface area contributed by atoms with Gasteiger partial charge in [-0.3, -0.25) is 4.79 Å². The van der Waals surface area contributed by atoms with E-state index in [1.807, 2.05) is 0 Å². The van der Waals surface area contributed by atoms with Gasteiger partial charge in [-0.1, -0.05) is 12.1 Å². The zero-order valence-electron chi connectivity index (χ0n) is 10.3. The molecule has 2 aromatic rings. The third-order valence-electron chi connectivity index (χ3n) is 2.51. The molecule has 0 atom stereocenters. The molecule has 1 amide bonds. The number of halogens is 1. The van der Waals surface area contributed by atoms with Crippen LogP contribution >= 0.6 is 11.3 Å². The molecule has 0 radical (unpaired) electrons. The molecule has 0 aliphatic carbocycles. The molecule has 7 heteroatoms. The fourth-order valence-electron chi connectivity index (χ4n) is 1.55. The van der Waals surface area contributed by atoms with E-state index in [4.69, 9.17) is 5.11 Å². The van der Waals surface area contributed by atoms with E-state index in [2.05, 4.69) is 10.3 Å². The number of hydrogen-bond acceptors (Lipinski definition) is 4. The second-order valence-electron chi connectivity index (χ2n) is 3.92. The summed E-state index contributed by atoms with van der Waals surface area (Å²) in [5.41, 5.74) is -0.0247. The molecule has 0 aliphatic heterocycles. The van der Waals surface area contributed by atoms with Crippen LogP contribution in [0.15, 0.2) is 29.6 Å². The molecule has 0 spiro atoms. The summed E-state index contributed by atoms with van der Waals surface area (Å²) < 4.78 is 13.3. The number of carboxylic acid groups (broad SMARTS) is 1. The molecule has 2 N–H and O–H groups in total. The molecular formula is C13H11FN2O3S. The average molecular weight is 294 g/mol. The van der Waals surface area contributed by atoms with Crippen LogP contribution in [0.5, 0.6) is 0 Å². The van der Waals surface area contributed by atoms with Crippen molar-refractivity contribution < 1.29 is 19.1 Å². The second-order valence-corrected chi connectivity index (χ2v) is 4.86. The summed E-state index contributed by atoms with van der Waals surface area (Å²) in [6, 6.07) is 5.71. The summed E-state index contributed by atoms with van der Waals surface area (Å²) in [5.74, 6) is -2.16. The summed E-state index contributed by atoms with van der Waals surface area (Å²) in [6.45, 7) is 0.264. The number of carbonyl (C=O) groups excluding carboxylic acids is 1. The fourth-order valence-corrected chi connectivity index (χ4v) is 2.32. The maximum atomic E-state index is 13.3. The van der Waals surface area contributed by atoms with Gasteiger partial charge >= 0.3 is 5.97 Å². The van der Waals surface area contributed by atoms with Gasteiger partial charge in [-0.15, -0.1) is 11.3 Å². The van der Waals surface area contributed by atoms with Crippen LogP contribution in [-0.2, 0) is 6.42 Å². The Bertz CT molecular complexity index is 642. The molecule has 5 nitrogen and oxygen atoms in total. The Labute approximate surface area is 118 Å². The molecule has 1 heterocycles. The molecule has 1 aromatic carbocycles. The van der Waals surface area contributed by atoms with Crippen molar-refractivity contribution in [3.63, 3.8) is 0 Å². The first-order valence-corrected chi connectivity index (χ1v) is 6.66. The van der Waals surface area contributed by atoms with Gasteiger partial charge in [0.1, 0.15) is 5.82 Å². The Morgan fingerprint density at radius 3 is 2.75 bits per heavy atom. The molecule has 1 aromatic heterocycles. The number of aromatic nitrogens is 1. The van der Waals surface area contributed by atoms with E-state index in [9.17, 15) is 14.0 Å². The first kappa shape index (κ1) is 14.1. The standard InChI is InChI=1S/C13H11FN2O3S/c14-9-4-2-1-3-8(9)12(17)15-6-5-11-16-10(7-20-11)13(18)19/h1-4,7H,5-6H2,(H,15,17)(H,18,19). The Hall–Kier alpha value is -2.28. The topological polar surface area (TPSA) is 79.3 Å². The van der Waals surface area contributed by atoms with Crippen LogP contribution < -0.4 is 5.32 Å². The maximum absolute atomic E-state index is 13.3. The highest BCUT2D eigenvalue weighted by Gasteiger charge is 2.11. The van der Waals surface area contributed by atoms with Crippen LogP contribution in [0.3, 0.4) is 0 Å². The van der Waals surface area contributed by atoms with E-state index in [0.717, 1.165) is 0 Å². The highest BCUT2D eigenvalue weighted by molar-refractivity contribution is 7.09. The van der Waals surface area contributed by atoms with Crippen molar-refractivity contribution in [1.29, 1.82) is 0 Å². The maximum Gasteiger partial charge on any atom is 0.355 e. The third kappa shape index (κ3) is 3.39. The molecule has 20 heavy (non-hydrogen) atoms. The normalized spacial score (nSPS) is 10.2. The Balaban J connectivity index is 1.88. The van der Waals surface area contributed by atoms with E-state index in [1.165, 1.54) is 34.9 Å². The summed E-state index contributed by atoms with van der Waals surface area (Å²) in [7, 11) is 0. The fraction of sp³-hybridized carbons (Fsp3) is 0.154. The molecular weight excluding hydrogens is 283 g/mol. The summed E-state index contributed by atoms with van der Waals surface area (Å²) in [5, 5.41) is 13.3. The highest BCUT2D eigenvalue weighted by Crippen LogP contribution is 2.10. The van der Waals surface area contributed by atoms with E-state index >= 15 is 0 Å². The lowest BCUT2D eigenvalue weighted by Crippen LogP contribution is -2.26. The molecule has 0 saturated heterocycles. The SMILES string of the molecule is O=C(O)c1csc(CCNC(=O)c2ccccc2F)n1. The molecule has 0 bridgehead atoms. The largest absolute Gasteiger partial charge is 0.476 e. The predicted octanol–water partition coefficient (Wildman–Crippen LogP) is 1.95. The first-order valence-electron chi connectivity index (χ1n) is 5.78. The van der Waals surface area contributed by atoms with Crippen LogP contribution in [-0.4, -0.2) is 28.5 Å². The number of carbonyl (C=O) groups is 2. The third-order valence-corrected chi connectivity index (χ3v) is 3.42. The predicted molar refractivity (Wildman–Crippen MR) is 71.5 cm³/mol. The van der Waals surface area contributed by atoms with E-state index in [-0.39, 0.29) is 17.8 Å². The molecule has 104 valence electrons. The number of carboxylic acids is 1. The first-order chi connectivity index (χ1) is 9.58. The van der Waals surface area contributed by atoms with Gasteiger partial charge < -0.3 is 10.4 Å². The van der Waals surface area contributed by atoms with Crippen molar-refractivity contribution in [2.45, 2.75) is 6.42 Å². The molecule has 0 aliphatic rings. The van der Waals surface area contributed by atoms with Crippen molar-refractivity contribution in [3.8, 4) is 0 Å². The minimum atomic E-state index is -1.08. The second kappa shape index (κ2) is 6.25. The number of hydrogen-bond donors (Lipinski definition) is 2. The lowest BCUT2D eigenvalue weighted by atomic mass is 10.2. The minimum Gasteiger partial charge on any atom is -0.476 e. The van der Waals surface area contributed by atoms with Gasteiger partial charge in [0.2, 0.25) is 0 Å². The number of aromatic carboxylic acids is 1. The van der Waals surface area contributed by atoms with Gasteiger partial charge in [-0.2, -0.15) is 0 Å². The lowest BCUT2D eigenvalue weighted by molar-refractivity contribution is 0.0690. The highest BCUT2D eigenvalue weighted by atomic mass is 32.1. The minimum absolute atomic E-state index is 0.00886. The average Bonchev–Trinajstić information content (AvgIpc) is 2.88. The number of thiazole rings is 1. The van der Waals surface area contributed by atoms with Crippen molar-refractivity contribution in [2.24, 2.45) is 0 Å². The van der Waals surface area contributed by atoms with Crippen LogP contribution in [0.1, 0.15) is 25.9 Å². The quantitative estimate of drug-likeness (QED) is 0.883. The van der Waals surface area contributed by atoms with E-state index in [0.29, 0.717) is 11.4 Å². The Kier molecular flexibility index (Phi) is 4.41. The van der Waals surface area contributed by atoms with Crippen LogP contribution in [0, 0.1) is 5.82 Å². The van der Waals surface area contributed by atoms with Crippen molar-refractivity contribution in [1.82, 2.24) is 10.3 Å². The van der Waals surface area contributed by atoms with E-state index in [1.54, 1.807) is 6.07 Å². The van der Waals surface area contributed by atoms with Crippen LogP contribution in [0.2, 0.25) is 0 Å². The van der Waals surface area contributed by atoms with Gasteiger partial charge in [-0.05, 0) is 12.1 Å². The Morgan fingerprint density at radius 2 is 2.10 bits per heavy atom. The molecule has 0 saturated carbocycles. The van der Waals surface area contributed by atoms with Gasteiger partial charge in [0.15, 0.2) is 5.69 Å². The zero-order valence-corrected chi connectivity index (χ0v) is 11.1. The molecule has 0 unspecified atom stereocenters. The van der Waals surface area contributed by atoms with Gasteiger partial charge in [0, 0.05) is 18.3 Å². The van der Waals surface area contributed by atoms with E-state index < -0.39 is 17.7 Å². The summed E-state index contributed by atoms with van der Waals surface area (Å²) in [4.78, 5) is 26.2. The van der Waals surface area contributed by atoms with Gasteiger partial charge in [0.25, 0.3) is 5.91 Å². The Morgan fingerprint density at radius 1 is 1.35 bits per heavy atom. The number of nitrogens with one attached hydrogen (secondary N) is 1.